The highest BCUT2D eigenvalue weighted by Gasteiger charge is 2.36. The molecule has 0 spiro atoms. The third-order valence-corrected chi connectivity index (χ3v) is 3.31. The lowest BCUT2D eigenvalue weighted by Crippen LogP contribution is -2.42. The van der Waals surface area contributed by atoms with Crippen LogP contribution in [0.25, 0.3) is 0 Å². The van der Waals surface area contributed by atoms with Gasteiger partial charge in [-0.15, -0.1) is 0 Å². The highest BCUT2D eigenvalue weighted by atomic mass is 79.9. The maximum Gasteiger partial charge on any atom is 0.326 e. The van der Waals surface area contributed by atoms with Crippen molar-refractivity contribution in [3.8, 4) is 0 Å². The second-order valence-electron chi connectivity index (χ2n) is 4.05. The molecule has 1 amide bonds. The smallest absolute Gasteiger partial charge is 0.326 e. The van der Waals surface area contributed by atoms with Crippen LogP contribution in [0.1, 0.15) is 26.2 Å². The van der Waals surface area contributed by atoms with E-state index in [9.17, 15) is 14.4 Å². The molecule has 0 bridgehead atoms. The topological polar surface area (TPSA) is 83.9 Å². The molecule has 0 aliphatic carbocycles. The van der Waals surface area contributed by atoms with Gasteiger partial charge in [-0.3, -0.25) is 9.59 Å². The van der Waals surface area contributed by atoms with E-state index < -0.39 is 18.0 Å². The molecule has 1 saturated heterocycles. The van der Waals surface area contributed by atoms with Crippen molar-refractivity contribution in [2.75, 3.05) is 13.2 Å². The summed E-state index contributed by atoms with van der Waals surface area (Å²) in [4.78, 5) is 35.3. The number of carboxylic acid groups (broad SMARTS) is 1. The van der Waals surface area contributed by atoms with E-state index in [1.54, 1.807) is 6.92 Å². The Morgan fingerprint density at radius 1 is 1.61 bits per heavy atom. The van der Waals surface area contributed by atoms with Crippen molar-refractivity contribution < 1.29 is 24.2 Å². The molecule has 0 aromatic heterocycles. The Balaban J connectivity index is 2.58. The maximum absolute atomic E-state index is 11.6. The van der Waals surface area contributed by atoms with Gasteiger partial charge in [0.25, 0.3) is 0 Å². The number of alkyl halides is 1. The normalized spacial score (nSPS) is 20.9. The fraction of sp³-hybridized carbons (Fsp3) is 0.727. The molecule has 18 heavy (non-hydrogen) atoms. The average Bonchev–Trinajstić information content (AvgIpc) is 2.58. The minimum atomic E-state index is -1.09. The fourth-order valence-corrected chi connectivity index (χ4v) is 2.48. The summed E-state index contributed by atoms with van der Waals surface area (Å²) < 4.78 is 4.74. The minimum Gasteiger partial charge on any atom is -0.480 e. The molecule has 102 valence electrons. The number of hydrogen-bond acceptors (Lipinski definition) is 4. The van der Waals surface area contributed by atoms with Crippen LogP contribution >= 0.6 is 15.9 Å². The number of nitrogens with zero attached hydrogens (tertiary/aromatic N) is 1. The Hall–Kier alpha value is -1.11. The number of amides is 1. The third-order valence-electron chi connectivity index (χ3n) is 2.70. The van der Waals surface area contributed by atoms with Crippen LogP contribution in [0, 0.1) is 0 Å². The number of carboxylic acids is 1. The number of halogens is 1. The minimum absolute atomic E-state index is 0.00153. The average molecular weight is 322 g/mol. The van der Waals surface area contributed by atoms with Crippen LogP contribution in [0.2, 0.25) is 0 Å². The SMILES string of the molecule is CCOC(=O)CC[C@@H](C(=O)O)N1CC(Br)CC1=O. The van der Waals surface area contributed by atoms with Crippen LogP contribution in [0.5, 0.6) is 0 Å². The lowest BCUT2D eigenvalue weighted by molar-refractivity contribution is -0.150. The summed E-state index contributed by atoms with van der Waals surface area (Å²) in [5.41, 5.74) is 0. The number of carbonyl (C=O) groups excluding carboxylic acids is 2. The molecule has 1 heterocycles. The van der Waals surface area contributed by atoms with E-state index in [-0.39, 0.29) is 30.2 Å². The van der Waals surface area contributed by atoms with Gasteiger partial charge in [-0.2, -0.15) is 0 Å². The number of hydrogen-bond donors (Lipinski definition) is 1. The quantitative estimate of drug-likeness (QED) is 0.577. The van der Waals surface area contributed by atoms with E-state index in [1.165, 1.54) is 4.90 Å². The first-order valence-corrected chi connectivity index (χ1v) is 6.69. The second kappa shape index (κ2) is 6.72. The Morgan fingerprint density at radius 3 is 2.72 bits per heavy atom. The Morgan fingerprint density at radius 2 is 2.28 bits per heavy atom. The van der Waals surface area contributed by atoms with Crippen molar-refractivity contribution in [2.24, 2.45) is 0 Å². The van der Waals surface area contributed by atoms with Crippen LogP contribution in [-0.2, 0) is 19.1 Å². The molecule has 1 fully saturated rings. The van der Waals surface area contributed by atoms with Crippen molar-refractivity contribution in [2.45, 2.75) is 37.1 Å². The first kappa shape index (κ1) is 14.9. The molecule has 1 N–H and O–H groups in total. The molecule has 1 unspecified atom stereocenters. The summed E-state index contributed by atoms with van der Waals surface area (Å²) in [7, 11) is 0. The van der Waals surface area contributed by atoms with Gasteiger partial charge in [0.05, 0.1) is 6.61 Å². The predicted molar refractivity (Wildman–Crippen MR) is 66.3 cm³/mol. The first-order valence-electron chi connectivity index (χ1n) is 5.77. The molecule has 6 nitrogen and oxygen atoms in total. The molecule has 1 aliphatic rings. The highest BCUT2D eigenvalue weighted by molar-refractivity contribution is 9.09. The fourth-order valence-electron chi connectivity index (χ4n) is 1.89. The number of aliphatic carboxylic acids is 1. The van der Waals surface area contributed by atoms with E-state index in [0.717, 1.165) is 0 Å². The molecular formula is C11H16BrNO5. The molecule has 7 heteroatoms. The molecule has 1 rings (SSSR count). The summed E-state index contributed by atoms with van der Waals surface area (Å²) in [6, 6.07) is -0.954. The van der Waals surface area contributed by atoms with Gasteiger partial charge >= 0.3 is 11.9 Å². The third kappa shape index (κ3) is 3.97. The van der Waals surface area contributed by atoms with Gasteiger partial charge in [0.1, 0.15) is 6.04 Å². The van der Waals surface area contributed by atoms with Crippen LogP contribution in [0.3, 0.4) is 0 Å². The molecule has 0 aromatic carbocycles. The van der Waals surface area contributed by atoms with Crippen molar-refractivity contribution in [3.05, 3.63) is 0 Å². The van der Waals surface area contributed by atoms with Crippen LogP contribution in [-0.4, -0.2) is 51.9 Å². The Labute approximate surface area is 113 Å². The van der Waals surface area contributed by atoms with E-state index in [2.05, 4.69) is 15.9 Å². The standard InChI is InChI=1S/C11H16BrNO5/c1-2-18-10(15)4-3-8(11(16)17)13-6-7(12)5-9(13)14/h7-8H,2-6H2,1H3,(H,16,17)/t7?,8-/m0/s1. The lowest BCUT2D eigenvalue weighted by Gasteiger charge is -2.23. The zero-order chi connectivity index (χ0) is 13.7. The number of likely N-dealkylation sites (tertiary alicyclic amines) is 1. The van der Waals surface area contributed by atoms with E-state index in [4.69, 9.17) is 9.84 Å². The van der Waals surface area contributed by atoms with Gasteiger partial charge in [-0.25, -0.2) is 4.79 Å². The molecule has 2 atom stereocenters. The lowest BCUT2D eigenvalue weighted by atomic mass is 10.1. The predicted octanol–water partition coefficient (Wildman–Crippen LogP) is 0.779. The van der Waals surface area contributed by atoms with Gasteiger partial charge < -0.3 is 14.7 Å². The van der Waals surface area contributed by atoms with Gasteiger partial charge in [0.2, 0.25) is 5.91 Å². The van der Waals surface area contributed by atoms with Crippen molar-refractivity contribution >= 4 is 33.8 Å². The monoisotopic (exact) mass is 321 g/mol. The van der Waals surface area contributed by atoms with E-state index in [0.29, 0.717) is 13.0 Å². The molecule has 0 aromatic rings. The van der Waals surface area contributed by atoms with E-state index in [1.807, 2.05) is 0 Å². The van der Waals surface area contributed by atoms with Gasteiger partial charge in [-0.05, 0) is 13.3 Å². The van der Waals surface area contributed by atoms with Crippen molar-refractivity contribution in [1.82, 2.24) is 4.90 Å². The van der Waals surface area contributed by atoms with E-state index >= 15 is 0 Å². The summed E-state index contributed by atoms with van der Waals surface area (Å²) >= 11 is 3.29. The number of carbonyl (C=O) groups is 3. The summed E-state index contributed by atoms with van der Waals surface area (Å²) in [5, 5.41) is 9.12. The zero-order valence-electron chi connectivity index (χ0n) is 10.1. The number of ether oxygens (including phenoxy) is 1. The highest BCUT2D eigenvalue weighted by Crippen LogP contribution is 2.22. The molecular weight excluding hydrogens is 306 g/mol. The zero-order valence-corrected chi connectivity index (χ0v) is 11.7. The first-order chi connectivity index (χ1) is 8.45. The van der Waals surface area contributed by atoms with Gasteiger partial charge in [0, 0.05) is 24.2 Å². The second-order valence-corrected chi connectivity index (χ2v) is 5.34. The molecule has 0 saturated carbocycles. The number of esters is 1. The molecule has 1 aliphatic heterocycles. The van der Waals surface area contributed by atoms with Crippen LogP contribution in [0.4, 0.5) is 0 Å². The van der Waals surface area contributed by atoms with Crippen LogP contribution in [0.15, 0.2) is 0 Å². The van der Waals surface area contributed by atoms with Crippen molar-refractivity contribution in [1.29, 1.82) is 0 Å². The molecule has 0 radical (unpaired) electrons. The van der Waals surface area contributed by atoms with Crippen molar-refractivity contribution in [3.63, 3.8) is 0 Å². The van der Waals surface area contributed by atoms with Crippen LogP contribution < -0.4 is 0 Å². The van der Waals surface area contributed by atoms with Gasteiger partial charge in [0.15, 0.2) is 0 Å². The van der Waals surface area contributed by atoms with Gasteiger partial charge in [-0.1, -0.05) is 15.9 Å². The summed E-state index contributed by atoms with van der Waals surface area (Å²) in [5.74, 6) is -1.73. The summed E-state index contributed by atoms with van der Waals surface area (Å²) in [6.07, 6.45) is 0.379. The Bertz CT molecular complexity index is 346. The largest absolute Gasteiger partial charge is 0.480 e. The number of rotatable bonds is 6. The summed E-state index contributed by atoms with van der Waals surface area (Å²) in [6.45, 7) is 2.31. The Kier molecular flexibility index (Phi) is 5.58. The maximum atomic E-state index is 11.6.